The second kappa shape index (κ2) is 7.92. The van der Waals surface area contributed by atoms with Gasteiger partial charge in [0.25, 0.3) is 0 Å². The maximum absolute atomic E-state index is 12.6. The van der Waals surface area contributed by atoms with Crippen LogP contribution in [0.5, 0.6) is 0 Å². The molecule has 0 unspecified atom stereocenters. The summed E-state index contributed by atoms with van der Waals surface area (Å²) in [7, 11) is -3.45. The Hall–Kier alpha value is -1.15. The fourth-order valence-corrected chi connectivity index (χ4v) is 3.45. The fraction of sp³-hybridized carbons (Fsp3) is 0.857. The van der Waals surface area contributed by atoms with Crippen LogP contribution in [0.3, 0.4) is 0 Å². The quantitative estimate of drug-likeness (QED) is 0.719. The van der Waals surface area contributed by atoms with Gasteiger partial charge in [0.05, 0.1) is 6.26 Å². The van der Waals surface area contributed by atoms with Crippen molar-refractivity contribution < 1.29 is 18.0 Å². The van der Waals surface area contributed by atoms with Gasteiger partial charge in [-0.3, -0.25) is 9.59 Å². The first-order valence-corrected chi connectivity index (χ1v) is 9.51. The number of carbonyl (C=O) groups excluding carboxylic acids is 2. The third kappa shape index (κ3) is 6.74. The SMILES string of the molecule is CC(=O)N[C@@H]1CCCN(C(=O)[C@@H](CC(C)C)NS(C)(=O)=O)C1. The van der Waals surface area contributed by atoms with Crippen LogP contribution in [0.4, 0.5) is 0 Å². The summed E-state index contributed by atoms with van der Waals surface area (Å²) in [5, 5.41) is 2.82. The first-order chi connectivity index (χ1) is 10.1. The molecule has 1 aliphatic heterocycles. The van der Waals surface area contributed by atoms with Crippen molar-refractivity contribution in [3.05, 3.63) is 0 Å². The van der Waals surface area contributed by atoms with E-state index < -0.39 is 16.1 Å². The Labute approximate surface area is 132 Å². The minimum Gasteiger partial charge on any atom is -0.352 e. The van der Waals surface area contributed by atoms with Crippen LogP contribution in [0.15, 0.2) is 0 Å². The second-order valence-electron chi connectivity index (χ2n) is 6.40. The molecule has 1 aliphatic rings. The van der Waals surface area contributed by atoms with Crippen LogP contribution < -0.4 is 10.0 Å². The molecule has 0 spiro atoms. The number of nitrogens with one attached hydrogen (secondary N) is 2. The minimum atomic E-state index is -3.45. The van der Waals surface area contributed by atoms with Crippen molar-refractivity contribution in [3.8, 4) is 0 Å². The largest absolute Gasteiger partial charge is 0.352 e. The van der Waals surface area contributed by atoms with E-state index in [0.717, 1.165) is 19.1 Å². The zero-order valence-corrected chi connectivity index (χ0v) is 14.6. The van der Waals surface area contributed by atoms with Crippen LogP contribution in [-0.2, 0) is 19.6 Å². The van der Waals surface area contributed by atoms with Crippen molar-refractivity contribution in [1.29, 1.82) is 0 Å². The zero-order chi connectivity index (χ0) is 16.9. The van der Waals surface area contributed by atoms with E-state index in [1.165, 1.54) is 6.92 Å². The highest BCUT2D eigenvalue weighted by Crippen LogP contribution is 2.15. The van der Waals surface area contributed by atoms with Gasteiger partial charge in [0.2, 0.25) is 21.8 Å². The van der Waals surface area contributed by atoms with Gasteiger partial charge in [0.15, 0.2) is 0 Å². The highest BCUT2D eigenvalue weighted by atomic mass is 32.2. The second-order valence-corrected chi connectivity index (χ2v) is 8.18. The summed E-state index contributed by atoms with van der Waals surface area (Å²) in [6.07, 6.45) is 3.14. The molecule has 1 rings (SSSR count). The number of piperidine rings is 1. The summed E-state index contributed by atoms with van der Waals surface area (Å²) in [5.74, 6) is -0.138. The lowest BCUT2D eigenvalue weighted by Gasteiger charge is -2.35. The molecule has 2 amide bonds. The van der Waals surface area contributed by atoms with E-state index in [0.29, 0.717) is 19.5 Å². The monoisotopic (exact) mass is 333 g/mol. The molecule has 1 heterocycles. The van der Waals surface area contributed by atoms with E-state index in [4.69, 9.17) is 0 Å². The van der Waals surface area contributed by atoms with Gasteiger partial charge < -0.3 is 10.2 Å². The predicted molar refractivity (Wildman–Crippen MR) is 84.6 cm³/mol. The minimum absolute atomic E-state index is 0.0619. The first kappa shape index (κ1) is 18.9. The zero-order valence-electron chi connectivity index (χ0n) is 13.8. The van der Waals surface area contributed by atoms with Crippen molar-refractivity contribution in [3.63, 3.8) is 0 Å². The van der Waals surface area contributed by atoms with Gasteiger partial charge in [-0.05, 0) is 25.2 Å². The smallest absolute Gasteiger partial charge is 0.240 e. The van der Waals surface area contributed by atoms with E-state index in [9.17, 15) is 18.0 Å². The Kier molecular flexibility index (Phi) is 6.80. The maximum atomic E-state index is 12.6. The molecule has 0 radical (unpaired) electrons. The number of hydrogen-bond donors (Lipinski definition) is 2. The Bertz CT molecular complexity index is 504. The number of hydrogen-bond acceptors (Lipinski definition) is 4. The van der Waals surface area contributed by atoms with Crippen LogP contribution in [-0.4, -0.2) is 56.6 Å². The van der Waals surface area contributed by atoms with Crippen molar-refractivity contribution >= 4 is 21.8 Å². The maximum Gasteiger partial charge on any atom is 0.240 e. The molecule has 7 nitrogen and oxygen atoms in total. The van der Waals surface area contributed by atoms with Crippen molar-refractivity contribution in [1.82, 2.24) is 14.9 Å². The normalized spacial score (nSPS) is 20.8. The van der Waals surface area contributed by atoms with Gasteiger partial charge in [0.1, 0.15) is 6.04 Å². The van der Waals surface area contributed by atoms with Crippen LogP contribution in [0, 0.1) is 5.92 Å². The molecule has 0 aliphatic carbocycles. The van der Waals surface area contributed by atoms with E-state index in [-0.39, 0.29) is 23.8 Å². The lowest BCUT2D eigenvalue weighted by Crippen LogP contribution is -2.55. The van der Waals surface area contributed by atoms with E-state index in [1.807, 2.05) is 13.8 Å². The first-order valence-electron chi connectivity index (χ1n) is 7.61. The third-order valence-electron chi connectivity index (χ3n) is 3.50. The van der Waals surface area contributed by atoms with Gasteiger partial charge in [0, 0.05) is 26.1 Å². The fourth-order valence-electron chi connectivity index (χ4n) is 2.73. The van der Waals surface area contributed by atoms with Crippen LogP contribution in [0.2, 0.25) is 0 Å². The molecular formula is C14H27N3O4S. The van der Waals surface area contributed by atoms with E-state index >= 15 is 0 Å². The highest BCUT2D eigenvalue weighted by Gasteiger charge is 2.31. The molecule has 0 aromatic rings. The number of amides is 2. The van der Waals surface area contributed by atoms with Crippen molar-refractivity contribution in [2.45, 2.75) is 52.1 Å². The summed E-state index contributed by atoms with van der Waals surface area (Å²) in [6.45, 7) is 6.36. The lowest BCUT2D eigenvalue weighted by atomic mass is 10.0. The molecule has 0 saturated carbocycles. The summed E-state index contributed by atoms with van der Waals surface area (Å²) < 4.78 is 25.4. The van der Waals surface area contributed by atoms with Crippen LogP contribution in [0.25, 0.3) is 0 Å². The molecule has 1 fully saturated rings. The summed E-state index contributed by atoms with van der Waals surface area (Å²) >= 11 is 0. The molecule has 22 heavy (non-hydrogen) atoms. The van der Waals surface area contributed by atoms with E-state index in [1.54, 1.807) is 4.90 Å². The van der Waals surface area contributed by atoms with Crippen LogP contribution >= 0.6 is 0 Å². The summed E-state index contributed by atoms with van der Waals surface area (Å²) in [4.78, 5) is 25.4. The molecule has 0 aromatic carbocycles. The number of sulfonamides is 1. The Balaban J connectivity index is 2.77. The summed E-state index contributed by atoms with van der Waals surface area (Å²) in [5.41, 5.74) is 0. The van der Waals surface area contributed by atoms with Crippen molar-refractivity contribution in [2.75, 3.05) is 19.3 Å². The van der Waals surface area contributed by atoms with Gasteiger partial charge >= 0.3 is 0 Å². The molecule has 8 heteroatoms. The van der Waals surface area contributed by atoms with Gasteiger partial charge in [-0.2, -0.15) is 0 Å². The standard InChI is InChI=1S/C14H27N3O4S/c1-10(2)8-13(16-22(4,20)21)14(19)17-7-5-6-12(9-17)15-11(3)18/h10,12-13,16H,5-9H2,1-4H3,(H,15,18)/t12-,13-/m1/s1. The molecule has 128 valence electrons. The summed E-state index contributed by atoms with van der Waals surface area (Å²) in [6, 6.07) is -0.806. The van der Waals surface area contributed by atoms with E-state index in [2.05, 4.69) is 10.0 Å². The average Bonchev–Trinajstić information content (AvgIpc) is 2.34. The third-order valence-corrected chi connectivity index (χ3v) is 4.21. The predicted octanol–water partition coefficient (Wildman–Crippen LogP) is 0.0774. The van der Waals surface area contributed by atoms with Gasteiger partial charge in [-0.15, -0.1) is 0 Å². The molecule has 1 saturated heterocycles. The van der Waals surface area contributed by atoms with Crippen molar-refractivity contribution in [2.24, 2.45) is 5.92 Å². The van der Waals surface area contributed by atoms with Gasteiger partial charge in [-0.25, -0.2) is 13.1 Å². The number of nitrogens with zero attached hydrogens (tertiary/aromatic N) is 1. The topological polar surface area (TPSA) is 95.6 Å². The number of likely N-dealkylation sites (tertiary alicyclic amines) is 1. The molecular weight excluding hydrogens is 306 g/mol. The van der Waals surface area contributed by atoms with Gasteiger partial charge in [-0.1, -0.05) is 13.8 Å². The number of carbonyl (C=O) groups is 2. The average molecular weight is 333 g/mol. The molecule has 0 bridgehead atoms. The molecule has 2 atom stereocenters. The lowest BCUT2D eigenvalue weighted by molar-refractivity contribution is -0.135. The Morgan fingerprint density at radius 3 is 2.45 bits per heavy atom. The Morgan fingerprint density at radius 1 is 1.32 bits per heavy atom. The molecule has 0 aromatic heterocycles. The molecule has 2 N–H and O–H groups in total. The highest BCUT2D eigenvalue weighted by molar-refractivity contribution is 7.88. The van der Waals surface area contributed by atoms with Crippen LogP contribution in [0.1, 0.15) is 40.0 Å². The number of rotatable bonds is 6. The Morgan fingerprint density at radius 2 is 1.95 bits per heavy atom.